The van der Waals surface area contributed by atoms with Crippen molar-refractivity contribution in [1.29, 1.82) is 0 Å². The van der Waals surface area contributed by atoms with Crippen molar-refractivity contribution in [2.45, 2.75) is 6.92 Å². The molecule has 0 bridgehead atoms. The molecule has 0 saturated carbocycles. The number of carbonyl (C=O) groups excluding carboxylic acids is 2. The number of nitrogens with one attached hydrogen (secondary N) is 2. The summed E-state index contributed by atoms with van der Waals surface area (Å²) in [7, 11) is 4.51. The van der Waals surface area contributed by atoms with E-state index in [1.54, 1.807) is 36.4 Å². The Morgan fingerprint density at radius 3 is 2.12 bits per heavy atom. The van der Waals surface area contributed by atoms with Crippen molar-refractivity contribution in [3.63, 3.8) is 0 Å². The minimum Gasteiger partial charge on any atom is -0.497 e. The monoisotopic (exact) mass is 344 g/mol. The Labute approximate surface area is 145 Å². The second-order valence-corrected chi connectivity index (χ2v) is 5.12. The van der Waals surface area contributed by atoms with Gasteiger partial charge in [-0.1, -0.05) is 0 Å². The van der Waals surface area contributed by atoms with Gasteiger partial charge in [0.2, 0.25) is 5.91 Å². The molecule has 25 heavy (non-hydrogen) atoms. The third kappa shape index (κ3) is 4.41. The van der Waals surface area contributed by atoms with Gasteiger partial charge in [0.25, 0.3) is 5.91 Å². The molecule has 0 aromatic heterocycles. The van der Waals surface area contributed by atoms with Gasteiger partial charge in [0.1, 0.15) is 17.2 Å². The summed E-state index contributed by atoms with van der Waals surface area (Å²) in [5.74, 6) is 0.816. The highest BCUT2D eigenvalue weighted by Crippen LogP contribution is 2.30. The zero-order valence-corrected chi connectivity index (χ0v) is 14.5. The minimum absolute atomic E-state index is 0.231. The molecule has 2 rings (SSSR count). The molecule has 7 nitrogen and oxygen atoms in total. The number of carbonyl (C=O) groups is 2. The molecule has 2 aromatic carbocycles. The lowest BCUT2D eigenvalue weighted by Crippen LogP contribution is -2.15. The van der Waals surface area contributed by atoms with Crippen LogP contribution in [-0.4, -0.2) is 33.1 Å². The van der Waals surface area contributed by atoms with Gasteiger partial charge < -0.3 is 24.8 Å². The summed E-state index contributed by atoms with van der Waals surface area (Å²) < 4.78 is 15.7. The van der Waals surface area contributed by atoms with Crippen molar-refractivity contribution < 1.29 is 23.8 Å². The summed E-state index contributed by atoms with van der Waals surface area (Å²) >= 11 is 0. The lowest BCUT2D eigenvalue weighted by Gasteiger charge is -2.14. The number of ether oxygens (including phenoxy) is 3. The highest BCUT2D eigenvalue weighted by molar-refractivity contribution is 6.08. The normalized spacial score (nSPS) is 9.92. The summed E-state index contributed by atoms with van der Waals surface area (Å²) in [6.07, 6.45) is 0. The van der Waals surface area contributed by atoms with E-state index in [-0.39, 0.29) is 11.5 Å². The van der Waals surface area contributed by atoms with Gasteiger partial charge in [-0.15, -0.1) is 0 Å². The first-order valence-corrected chi connectivity index (χ1v) is 7.47. The van der Waals surface area contributed by atoms with E-state index in [1.807, 2.05) is 0 Å². The zero-order chi connectivity index (χ0) is 18.4. The van der Waals surface area contributed by atoms with Gasteiger partial charge in [0.15, 0.2) is 0 Å². The van der Waals surface area contributed by atoms with E-state index in [2.05, 4.69) is 10.6 Å². The SMILES string of the molecule is COc1ccc(OC)c(NC(=O)c2cc(NC(C)=O)ccc2OC)c1. The molecule has 0 atom stereocenters. The zero-order valence-electron chi connectivity index (χ0n) is 14.5. The number of anilines is 2. The Hall–Kier alpha value is -3.22. The molecule has 132 valence electrons. The Balaban J connectivity index is 2.35. The summed E-state index contributed by atoms with van der Waals surface area (Å²) in [4.78, 5) is 23.9. The fourth-order valence-electron chi connectivity index (χ4n) is 2.27. The maximum absolute atomic E-state index is 12.7. The van der Waals surface area contributed by atoms with Crippen LogP contribution in [0.4, 0.5) is 11.4 Å². The maximum Gasteiger partial charge on any atom is 0.259 e. The number of amides is 2. The van der Waals surface area contributed by atoms with Crippen LogP contribution in [0.25, 0.3) is 0 Å². The van der Waals surface area contributed by atoms with Crippen LogP contribution >= 0.6 is 0 Å². The van der Waals surface area contributed by atoms with Crippen LogP contribution in [-0.2, 0) is 4.79 Å². The van der Waals surface area contributed by atoms with Crippen molar-refractivity contribution in [3.05, 3.63) is 42.0 Å². The molecule has 2 aromatic rings. The molecule has 2 amide bonds. The van der Waals surface area contributed by atoms with Crippen LogP contribution in [0.2, 0.25) is 0 Å². The van der Waals surface area contributed by atoms with Crippen LogP contribution in [0.5, 0.6) is 17.2 Å². The first kappa shape index (κ1) is 18.1. The minimum atomic E-state index is -0.407. The molecule has 2 N–H and O–H groups in total. The third-order valence-corrected chi connectivity index (χ3v) is 3.42. The molecule has 0 aliphatic heterocycles. The Morgan fingerprint density at radius 2 is 1.52 bits per heavy atom. The number of hydrogen-bond acceptors (Lipinski definition) is 5. The van der Waals surface area contributed by atoms with Crippen molar-refractivity contribution in [1.82, 2.24) is 0 Å². The van der Waals surface area contributed by atoms with Crippen molar-refractivity contribution in [3.8, 4) is 17.2 Å². The molecule has 0 fully saturated rings. The van der Waals surface area contributed by atoms with Gasteiger partial charge in [-0.2, -0.15) is 0 Å². The van der Waals surface area contributed by atoms with Crippen molar-refractivity contribution in [2.24, 2.45) is 0 Å². The van der Waals surface area contributed by atoms with E-state index in [4.69, 9.17) is 14.2 Å². The highest BCUT2D eigenvalue weighted by Gasteiger charge is 2.16. The molecule has 7 heteroatoms. The Kier molecular flexibility index (Phi) is 5.84. The Bertz CT molecular complexity index is 789. The lowest BCUT2D eigenvalue weighted by molar-refractivity contribution is -0.114. The molecule has 0 heterocycles. The number of benzene rings is 2. The van der Waals surface area contributed by atoms with Gasteiger partial charge in [-0.25, -0.2) is 0 Å². The Morgan fingerprint density at radius 1 is 0.840 bits per heavy atom. The van der Waals surface area contributed by atoms with E-state index in [1.165, 1.54) is 28.3 Å². The van der Waals surface area contributed by atoms with E-state index in [9.17, 15) is 9.59 Å². The van der Waals surface area contributed by atoms with Crippen molar-refractivity contribution in [2.75, 3.05) is 32.0 Å². The molecular formula is C18H20N2O5. The van der Waals surface area contributed by atoms with Crippen molar-refractivity contribution >= 4 is 23.2 Å². The third-order valence-electron chi connectivity index (χ3n) is 3.42. The maximum atomic E-state index is 12.7. The van der Waals surface area contributed by atoms with E-state index in [0.29, 0.717) is 28.6 Å². The smallest absolute Gasteiger partial charge is 0.259 e. The topological polar surface area (TPSA) is 85.9 Å². The molecule has 0 saturated heterocycles. The molecule has 0 unspecified atom stereocenters. The quantitative estimate of drug-likeness (QED) is 0.841. The number of rotatable bonds is 6. The summed E-state index contributed by atoms with van der Waals surface area (Å²) in [5.41, 5.74) is 1.23. The predicted octanol–water partition coefficient (Wildman–Crippen LogP) is 2.92. The average molecular weight is 344 g/mol. The standard InChI is InChI=1S/C18H20N2O5/c1-11(21)19-12-5-7-16(24-3)14(9-12)18(22)20-15-10-13(23-2)6-8-17(15)25-4/h5-10H,1-4H3,(H,19,21)(H,20,22). The largest absolute Gasteiger partial charge is 0.497 e. The van der Waals surface area contributed by atoms with E-state index in [0.717, 1.165) is 0 Å². The van der Waals surface area contributed by atoms with Gasteiger partial charge in [0.05, 0.1) is 32.6 Å². The molecule has 0 aliphatic rings. The average Bonchev–Trinajstić information content (AvgIpc) is 2.61. The van der Waals surface area contributed by atoms with Crippen LogP contribution in [0.3, 0.4) is 0 Å². The molecule has 0 aliphatic carbocycles. The second-order valence-electron chi connectivity index (χ2n) is 5.12. The summed E-state index contributed by atoms with van der Waals surface area (Å²) in [6.45, 7) is 1.39. The van der Waals surface area contributed by atoms with E-state index < -0.39 is 5.91 Å². The van der Waals surface area contributed by atoms with Crippen LogP contribution in [0.1, 0.15) is 17.3 Å². The molecule has 0 radical (unpaired) electrons. The van der Waals surface area contributed by atoms with Gasteiger partial charge in [-0.05, 0) is 30.3 Å². The van der Waals surface area contributed by atoms with Crippen LogP contribution in [0, 0.1) is 0 Å². The first-order valence-electron chi connectivity index (χ1n) is 7.47. The van der Waals surface area contributed by atoms with Gasteiger partial charge in [-0.3, -0.25) is 9.59 Å². The number of methoxy groups -OCH3 is 3. The summed E-state index contributed by atoms with van der Waals surface area (Å²) in [6, 6.07) is 9.89. The van der Waals surface area contributed by atoms with E-state index >= 15 is 0 Å². The number of hydrogen-bond donors (Lipinski definition) is 2. The molecular weight excluding hydrogens is 324 g/mol. The fraction of sp³-hybridized carbons (Fsp3) is 0.222. The van der Waals surface area contributed by atoms with Gasteiger partial charge in [0, 0.05) is 18.7 Å². The lowest BCUT2D eigenvalue weighted by atomic mass is 10.1. The second kappa shape index (κ2) is 8.05. The highest BCUT2D eigenvalue weighted by atomic mass is 16.5. The summed E-state index contributed by atoms with van der Waals surface area (Å²) in [5, 5.41) is 5.41. The molecule has 0 spiro atoms. The predicted molar refractivity (Wildman–Crippen MR) is 94.8 cm³/mol. The van der Waals surface area contributed by atoms with Gasteiger partial charge >= 0.3 is 0 Å². The first-order chi connectivity index (χ1) is 12.0. The fourth-order valence-corrected chi connectivity index (χ4v) is 2.27. The van der Waals surface area contributed by atoms with Crippen LogP contribution in [0.15, 0.2) is 36.4 Å². The van der Waals surface area contributed by atoms with Crippen LogP contribution < -0.4 is 24.8 Å².